The molecule has 41 heavy (non-hydrogen) atoms. The minimum Gasteiger partial charge on any atom is -0.405 e. The van der Waals surface area contributed by atoms with Gasteiger partial charge in [0.05, 0.1) is 11.4 Å². The maximum Gasteiger partial charge on any atom is 0.450 e. The SMILES string of the molecule is C=C/C=C\C=N/Nc1cc(C)ccc1C1=C/C(=C/C/C(=C/C=C)C/C=C\C=C/N)N(C(N=C)=NC)C(C(F)(F)F)=N1. The average molecular weight is 562 g/mol. The minimum absolute atomic E-state index is 0.0842. The number of nitrogens with zero attached hydrogens (tertiary/aromatic N) is 5. The van der Waals surface area contributed by atoms with Gasteiger partial charge in [-0.1, -0.05) is 73.4 Å². The quantitative estimate of drug-likeness (QED) is 0.129. The van der Waals surface area contributed by atoms with Crippen molar-refractivity contribution in [3.63, 3.8) is 0 Å². The van der Waals surface area contributed by atoms with Crippen LogP contribution in [0.1, 0.15) is 24.0 Å². The van der Waals surface area contributed by atoms with Crippen LogP contribution in [0.15, 0.2) is 130 Å². The number of rotatable bonds is 11. The number of anilines is 1. The molecule has 1 heterocycles. The number of benzene rings is 1. The number of halogens is 3. The molecule has 0 unspecified atom stereocenters. The Kier molecular flexibility index (Phi) is 12.7. The number of amidine groups is 1. The molecular formula is C31H34F3N7. The molecule has 0 fully saturated rings. The Labute approximate surface area is 239 Å². The van der Waals surface area contributed by atoms with E-state index in [2.05, 4.69) is 45.4 Å². The number of alkyl halides is 3. The number of hydrogen-bond acceptors (Lipinski definition) is 5. The Morgan fingerprint density at radius 2 is 1.90 bits per heavy atom. The molecule has 0 saturated heterocycles. The highest BCUT2D eigenvalue weighted by atomic mass is 19.4. The zero-order valence-electron chi connectivity index (χ0n) is 23.1. The Hall–Kier alpha value is -4.99. The molecule has 0 aromatic heterocycles. The van der Waals surface area contributed by atoms with E-state index in [9.17, 15) is 13.2 Å². The highest BCUT2D eigenvalue weighted by molar-refractivity contribution is 6.09. The lowest BCUT2D eigenvalue weighted by atomic mass is 10.0. The van der Waals surface area contributed by atoms with E-state index >= 15 is 0 Å². The normalized spacial score (nSPS) is 16.2. The number of nitrogens with two attached hydrogens (primary N) is 1. The van der Waals surface area contributed by atoms with Gasteiger partial charge in [-0.05, 0) is 62.5 Å². The molecule has 1 aromatic rings. The molecule has 214 valence electrons. The fourth-order valence-corrected chi connectivity index (χ4v) is 3.69. The zero-order chi connectivity index (χ0) is 30.3. The number of guanidine groups is 1. The Morgan fingerprint density at radius 1 is 1.12 bits per heavy atom. The van der Waals surface area contributed by atoms with Gasteiger partial charge in [0.2, 0.25) is 11.8 Å². The van der Waals surface area contributed by atoms with Gasteiger partial charge >= 0.3 is 6.18 Å². The van der Waals surface area contributed by atoms with Crippen molar-refractivity contribution in [2.24, 2.45) is 25.8 Å². The summed E-state index contributed by atoms with van der Waals surface area (Å²) in [6, 6.07) is 5.27. The number of nitrogens with one attached hydrogen (secondary N) is 1. The van der Waals surface area contributed by atoms with Gasteiger partial charge in [0.1, 0.15) is 0 Å². The summed E-state index contributed by atoms with van der Waals surface area (Å²) in [6.07, 6.45) is 15.9. The van der Waals surface area contributed by atoms with E-state index < -0.39 is 12.0 Å². The molecular weight excluding hydrogens is 527 g/mol. The third-order valence-corrected chi connectivity index (χ3v) is 5.49. The van der Waals surface area contributed by atoms with Crippen LogP contribution < -0.4 is 11.2 Å². The van der Waals surface area contributed by atoms with E-state index in [0.717, 1.165) is 16.0 Å². The van der Waals surface area contributed by atoms with Crippen molar-refractivity contribution < 1.29 is 13.2 Å². The molecule has 0 saturated carbocycles. The lowest BCUT2D eigenvalue weighted by Gasteiger charge is -2.31. The third-order valence-electron chi connectivity index (χ3n) is 5.49. The Morgan fingerprint density at radius 3 is 2.54 bits per heavy atom. The second kappa shape index (κ2) is 16.2. The van der Waals surface area contributed by atoms with Crippen molar-refractivity contribution in [3.8, 4) is 0 Å². The lowest BCUT2D eigenvalue weighted by molar-refractivity contribution is -0.0650. The second-order valence-electron chi connectivity index (χ2n) is 8.45. The van der Waals surface area contributed by atoms with Gasteiger partial charge < -0.3 is 5.73 Å². The minimum atomic E-state index is -4.83. The van der Waals surface area contributed by atoms with E-state index in [1.165, 1.54) is 19.5 Å². The first kappa shape index (κ1) is 32.2. The van der Waals surface area contributed by atoms with Crippen molar-refractivity contribution in [3.05, 3.63) is 121 Å². The zero-order valence-corrected chi connectivity index (χ0v) is 23.1. The summed E-state index contributed by atoms with van der Waals surface area (Å²) in [6.45, 7) is 12.6. The highest BCUT2D eigenvalue weighted by Gasteiger charge is 2.44. The van der Waals surface area contributed by atoms with Crippen molar-refractivity contribution in [1.82, 2.24) is 4.90 Å². The molecule has 3 N–H and O–H groups in total. The number of aliphatic imine (C=N–C) groups is 3. The first-order valence-corrected chi connectivity index (χ1v) is 12.5. The van der Waals surface area contributed by atoms with Crippen LogP contribution in [0.5, 0.6) is 0 Å². The molecule has 1 aliphatic rings. The van der Waals surface area contributed by atoms with Crippen molar-refractivity contribution in [2.45, 2.75) is 25.9 Å². The van der Waals surface area contributed by atoms with E-state index in [4.69, 9.17) is 5.73 Å². The maximum absolute atomic E-state index is 14.5. The molecule has 0 radical (unpaired) electrons. The van der Waals surface area contributed by atoms with E-state index in [0.29, 0.717) is 24.1 Å². The summed E-state index contributed by atoms with van der Waals surface area (Å²) in [5.74, 6) is -1.44. The molecule has 2 rings (SSSR count). The van der Waals surface area contributed by atoms with Gasteiger partial charge in [-0.15, -0.1) is 0 Å². The van der Waals surface area contributed by atoms with Gasteiger partial charge in [0.25, 0.3) is 0 Å². The van der Waals surface area contributed by atoms with Crippen LogP contribution in [-0.4, -0.2) is 42.9 Å². The maximum atomic E-state index is 14.5. The van der Waals surface area contributed by atoms with Gasteiger partial charge in [-0.2, -0.15) is 18.3 Å². The predicted molar refractivity (Wildman–Crippen MR) is 167 cm³/mol. The summed E-state index contributed by atoms with van der Waals surface area (Å²) >= 11 is 0. The van der Waals surface area contributed by atoms with Crippen LogP contribution in [0, 0.1) is 6.92 Å². The number of hydrogen-bond donors (Lipinski definition) is 2. The van der Waals surface area contributed by atoms with Crippen LogP contribution in [0.25, 0.3) is 5.70 Å². The molecule has 0 spiro atoms. The fourth-order valence-electron chi connectivity index (χ4n) is 3.69. The predicted octanol–water partition coefficient (Wildman–Crippen LogP) is 7.24. The van der Waals surface area contributed by atoms with Crippen LogP contribution in [-0.2, 0) is 0 Å². The van der Waals surface area contributed by atoms with Gasteiger partial charge in [0, 0.05) is 24.5 Å². The Balaban J connectivity index is 2.71. The van der Waals surface area contributed by atoms with Crippen LogP contribution in [0.4, 0.5) is 18.9 Å². The van der Waals surface area contributed by atoms with Gasteiger partial charge in [-0.25, -0.2) is 9.98 Å². The lowest BCUT2D eigenvalue weighted by Crippen LogP contribution is -2.45. The summed E-state index contributed by atoms with van der Waals surface area (Å²) in [4.78, 5) is 12.6. The van der Waals surface area contributed by atoms with Crippen LogP contribution in [0.3, 0.4) is 0 Å². The molecule has 0 atom stereocenters. The largest absolute Gasteiger partial charge is 0.450 e. The topological polar surface area (TPSA) is 90.7 Å². The summed E-state index contributed by atoms with van der Waals surface area (Å²) in [7, 11) is 1.34. The molecule has 7 nitrogen and oxygen atoms in total. The number of aryl methyl sites for hydroxylation is 1. The first-order chi connectivity index (χ1) is 19.7. The smallest absolute Gasteiger partial charge is 0.405 e. The first-order valence-electron chi connectivity index (χ1n) is 12.5. The molecule has 0 amide bonds. The second-order valence-corrected chi connectivity index (χ2v) is 8.45. The van der Waals surface area contributed by atoms with E-state index in [-0.39, 0.29) is 17.4 Å². The highest BCUT2D eigenvalue weighted by Crippen LogP contribution is 2.36. The van der Waals surface area contributed by atoms with Crippen LogP contribution in [0.2, 0.25) is 0 Å². The van der Waals surface area contributed by atoms with Crippen LogP contribution >= 0.6 is 0 Å². The van der Waals surface area contributed by atoms with Crippen molar-refractivity contribution >= 4 is 36.1 Å². The third kappa shape index (κ3) is 9.61. The monoisotopic (exact) mass is 561 g/mol. The van der Waals surface area contributed by atoms with E-state index in [1.807, 2.05) is 19.1 Å². The average Bonchev–Trinajstić information content (AvgIpc) is 2.94. The molecule has 0 aliphatic carbocycles. The molecule has 0 bridgehead atoms. The van der Waals surface area contributed by atoms with E-state index in [1.54, 1.807) is 66.8 Å². The van der Waals surface area contributed by atoms with Gasteiger partial charge in [0.15, 0.2) is 0 Å². The van der Waals surface area contributed by atoms with Crippen molar-refractivity contribution in [2.75, 3.05) is 12.5 Å². The Bertz CT molecular complexity index is 1380. The number of allylic oxidation sites excluding steroid dienone is 11. The summed E-state index contributed by atoms with van der Waals surface area (Å²) < 4.78 is 43.4. The standard InChI is InChI=1S/C31H34F3N7/c1-6-8-12-20-38-40-28-21-23(3)15-18-26(28)27-22-25(17-16-24(13-7-2)14-10-9-11-19-35)41(30(36-4)37-5)29(39-27)31(32,33)34/h6-13,15,17-22,40H,1-2,4,14,16,35H2,3,5H3/b10-9-,12-8-,19-11-,24-13+,25-17-,37-30?,38-20-. The molecule has 1 aromatic carbocycles. The molecule has 1 aliphatic heterocycles. The summed E-state index contributed by atoms with van der Waals surface area (Å²) in [5, 5.41) is 4.14. The number of hydrazone groups is 1. The fraction of sp³-hybridized carbons (Fsp3) is 0.161. The summed E-state index contributed by atoms with van der Waals surface area (Å²) in [5.41, 5.74) is 11.2. The van der Waals surface area contributed by atoms with Gasteiger partial charge in [-0.3, -0.25) is 15.3 Å². The molecule has 10 heteroatoms. The van der Waals surface area contributed by atoms with Crippen molar-refractivity contribution in [1.29, 1.82) is 0 Å².